The van der Waals surface area contributed by atoms with E-state index in [2.05, 4.69) is 5.32 Å². The molecule has 0 radical (unpaired) electrons. The lowest BCUT2D eigenvalue weighted by atomic mass is 10.2. The molecule has 0 aliphatic heterocycles. The van der Waals surface area contributed by atoms with E-state index in [1.54, 1.807) is 42.8 Å². The summed E-state index contributed by atoms with van der Waals surface area (Å²) in [5, 5.41) is 15.7. The van der Waals surface area contributed by atoms with E-state index in [0.717, 1.165) is 22.5 Å². The third-order valence-corrected chi connectivity index (χ3v) is 6.78. The highest BCUT2D eigenvalue weighted by Crippen LogP contribution is 2.22. The Morgan fingerprint density at radius 1 is 1.20 bits per heavy atom. The van der Waals surface area contributed by atoms with Gasteiger partial charge in [-0.2, -0.15) is 4.31 Å². The van der Waals surface area contributed by atoms with Gasteiger partial charge < -0.3 is 5.32 Å². The molecule has 0 saturated carbocycles. The van der Waals surface area contributed by atoms with Crippen LogP contribution in [0.2, 0.25) is 0 Å². The van der Waals surface area contributed by atoms with Crippen LogP contribution >= 0.6 is 11.3 Å². The summed E-state index contributed by atoms with van der Waals surface area (Å²) in [6.07, 6.45) is 0. The number of hydrogen-bond acceptors (Lipinski definition) is 6. The summed E-state index contributed by atoms with van der Waals surface area (Å²) in [7, 11) is -1.91. The van der Waals surface area contributed by atoms with Crippen molar-refractivity contribution in [2.75, 3.05) is 7.05 Å². The molecule has 25 heavy (non-hydrogen) atoms. The van der Waals surface area contributed by atoms with Crippen molar-refractivity contribution in [3.05, 3.63) is 57.0 Å². The number of benzene rings is 1. The van der Waals surface area contributed by atoms with Gasteiger partial charge in [0.05, 0.1) is 9.82 Å². The average Bonchev–Trinajstić information content (AvgIpc) is 3.03. The van der Waals surface area contributed by atoms with Crippen molar-refractivity contribution in [2.24, 2.45) is 0 Å². The van der Waals surface area contributed by atoms with Crippen LogP contribution in [0.1, 0.15) is 25.0 Å². The Labute approximate surface area is 151 Å². The standard InChI is InChI=1S/C16H21N3O4S2/c1-12(2)18(3)25(22,23)15-6-4-13(5-7-15)9-17-10-14-8-16(19(20)21)24-11-14/h4-8,11-12,17H,9-10H2,1-3H3. The molecule has 0 unspecified atom stereocenters. The molecule has 1 aromatic heterocycles. The van der Waals surface area contributed by atoms with Gasteiger partial charge in [-0.1, -0.05) is 23.5 Å². The molecule has 9 heteroatoms. The number of nitro groups is 1. The molecular formula is C16H21N3O4S2. The summed E-state index contributed by atoms with van der Waals surface area (Å²) in [4.78, 5) is 10.5. The summed E-state index contributed by atoms with van der Waals surface area (Å²) in [5.41, 5.74) is 1.80. The Morgan fingerprint density at radius 3 is 2.32 bits per heavy atom. The fourth-order valence-corrected chi connectivity index (χ4v) is 4.22. The van der Waals surface area contributed by atoms with E-state index < -0.39 is 14.9 Å². The number of nitrogens with zero attached hydrogens (tertiary/aromatic N) is 2. The first-order valence-corrected chi connectivity index (χ1v) is 10.0. The zero-order valence-corrected chi connectivity index (χ0v) is 15.9. The van der Waals surface area contributed by atoms with Gasteiger partial charge in [0.2, 0.25) is 10.0 Å². The largest absolute Gasteiger partial charge is 0.324 e. The summed E-state index contributed by atoms with van der Waals surface area (Å²) in [6.45, 7) is 4.71. The number of thiophene rings is 1. The average molecular weight is 383 g/mol. The summed E-state index contributed by atoms with van der Waals surface area (Å²) in [6, 6.07) is 8.17. The van der Waals surface area contributed by atoms with Gasteiger partial charge in [-0.05, 0) is 37.1 Å². The maximum Gasteiger partial charge on any atom is 0.324 e. The van der Waals surface area contributed by atoms with Gasteiger partial charge in [-0.15, -0.1) is 0 Å². The molecule has 0 aliphatic carbocycles. The minimum Gasteiger partial charge on any atom is -0.309 e. The quantitative estimate of drug-likeness (QED) is 0.559. The molecule has 1 aromatic carbocycles. The maximum atomic E-state index is 12.4. The van der Waals surface area contributed by atoms with Crippen LogP contribution in [0.5, 0.6) is 0 Å². The van der Waals surface area contributed by atoms with Crippen LogP contribution < -0.4 is 5.32 Å². The molecular weight excluding hydrogens is 362 g/mol. The van der Waals surface area contributed by atoms with Crippen molar-refractivity contribution >= 4 is 26.4 Å². The van der Waals surface area contributed by atoms with E-state index in [1.165, 1.54) is 4.31 Å². The fraction of sp³-hybridized carbons (Fsp3) is 0.375. The Balaban J connectivity index is 1.95. The highest BCUT2D eigenvalue weighted by atomic mass is 32.2. The number of sulfonamides is 1. The van der Waals surface area contributed by atoms with Gasteiger partial charge in [-0.25, -0.2) is 8.42 Å². The maximum absolute atomic E-state index is 12.4. The molecule has 1 N–H and O–H groups in total. The minimum absolute atomic E-state index is 0.110. The van der Waals surface area contributed by atoms with Crippen LogP contribution in [0.3, 0.4) is 0 Å². The van der Waals surface area contributed by atoms with Gasteiger partial charge >= 0.3 is 5.00 Å². The monoisotopic (exact) mass is 383 g/mol. The lowest BCUT2D eigenvalue weighted by Gasteiger charge is -2.21. The van der Waals surface area contributed by atoms with Crippen molar-refractivity contribution < 1.29 is 13.3 Å². The second-order valence-electron chi connectivity index (χ2n) is 5.91. The highest BCUT2D eigenvalue weighted by Gasteiger charge is 2.22. The minimum atomic E-state index is -3.47. The molecule has 136 valence electrons. The number of hydrogen-bond donors (Lipinski definition) is 1. The van der Waals surface area contributed by atoms with Crippen LogP contribution in [0.15, 0.2) is 40.6 Å². The first kappa shape index (κ1) is 19.5. The van der Waals surface area contributed by atoms with Gasteiger partial charge in [-0.3, -0.25) is 10.1 Å². The second kappa shape index (κ2) is 8.05. The van der Waals surface area contributed by atoms with Gasteiger partial charge in [0.25, 0.3) is 0 Å². The van der Waals surface area contributed by atoms with E-state index >= 15 is 0 Å². The second-order valence-corrected chi connectivity index (χ2v) is 8.80. The van der Waals surface area contributed by atoms with E-state index in [9.17, 15) is 18.5 Å². The molecule has 0 saturated heterocycles. The molecule has 0 amide bonds. The third kappa shape index (κ3) is 4.85. The zero-order chi connectivity index (χ0) is 18.6. The Kier molecular flexibility index (Phi) is 6.28. The number of rotatable bonds is 8. The SMILES string of the molecule is CC(C)N(C)S(=O)(=O)c1ccc(CNCc2csc([N+](=O)[O-])c2)cc1. The molecule has 0 fully saturated rings. The van der Waals surface area contributed by atoms with Crippen LogP contribution in [-0.2, 0) is 23.1 Å². The molecule has 1 heterocycles. The lowest BCUT2D eigenvalue weighted by Crippen LogP contribution is -2.33. The molecule has 7 nitrogen and oxygen atoms in total. The summed E-state index contributed by atoms with van der Waals surface area (Å²) < 4.78 is 26.1. The van der Waals surface area contributed by atoms with Gasteiger partial charge in [0.1, 0.15) is 0 Å². The Morgan fingerprint density at radius 2 is 1.80 bits per heavy atom. The molecule has 2 aromatic rings. The Hall–Kier alpha value is -1.81. The smallest absolute Gasteiger partial charge is 0.309 e. The first-order chi connectivity index (χ1) is 11.7. The van der Waals surface area contributed by atoms with Crippen LogP contribution in [0.4, 0.5) is 5.00 Å². The van der Waals surface area contributed by atoms with Crippen molar-refractivity contribution in [2.45, 2.75) is 37.9 Å². The van der Waals surface area contributed by atoms with E-state index in [-0.39, 0.29) is 15.9 Å². The normalized spacial score (nSPS) is 12.0. The van der Waals surface area contributed by atoms with Gasteiger partial charge in [0, 0.05) is 37.6 Å². The van der Waals surface area contributed by atoms with Crippen molar-refractivity contribution in [3.8, 4) is 0 Å². The molecule has 0 spiro atoms. The third-order valence-electron chi connectivity index (χ3n) is 3.81. The van der Waals surface area contributed by atoms with Crippen LogP contribution in [-0.4, -0.2) is 30.7 Å². The van der Waals surface area contributed by atoms with E-state index in [4.69, 9.17) is 0 Å². The Bertz CT molecular complexity index is 829. The first-order valence-electron chi connectivity index (χ1n) is 7.71. The molecule has 0 atom stereocenters. The zero-order valence-electron chi connectivity index (χ0n) is 14.3. The summed E-state index contributed by atoms with van der Waals surface area (Å²) in [5.74, 6) is 0. The topological polar surface area (TPSA) is 92.6 Å². The predicted octanol–water partition coefficient (Wildman–Crippen LogP) is 2.98. The summed E-state index contributed by atoms with van der Waals surface area (Å²) >= 11 is 1.10. The van der Waals surface area contributed by atoms with Crippen molar-refractivity contribution in [1.82, 2.24) is 9.62 Å². The predicted molar refractivity (Wildman–Crippen MR) is 98.0 cm³/mol. The fourth-order valence-electron chi connectivity index (χ4n) is 2.13. The van der Waals surface area contributed by atoms with Crippen molar-refractivity contribution in [1.29, 1.82) is 0 Å². The molecule has 0 bridgehead atoms. The molecule has 0 aliphatic rings. The van der Waals surface area contributed by atoms with E-state index in [1.807, 2.05) is 13.8 Å². The van der Waals surface area contributed by atoms with Crippen LogP contribution in [0, 0.1) is 10.1 Å². The van der Waals surface area contributed by atoms with Crippen LogP contribution in [0.25, 0.3) is 0 Å². The van der Waals surface area contributed by atoms with E-state index in [0.29, 0.717) is 13.1 Å². The highest BCUT2D eigenvalue weighted by molar-refractivity contribution is 7.89. The molecule has 2 rings (SSSR count). The number of nitrogens with one attached hydrogen (secondary N) is 1. The lowest BCUT2D eigenvalue weighted by molar-refractivity contribution is -0.380. The van der Waals surface area contributed by atoms with Gasteiger partial charge in [0.15, 0.2) is 0 Å². The van der Waals surface area contributed by atoms with Crippen molar-refractivity contribution in [3.63, 3.8) is 0 Å².